The van der Waals surface area contributed by atoms with Gasteiger partial charge in [-0.25, -0.2) is 0 Å². The Balaban J connectivity index is 1.13. The van der Waals surface area contributed by atoms with Gasteiger partial charge >= 0.3 is 0 Å². The maximum atomic E-state index is 14.2. The summed E-state index contributed by atoms with van der Waals surface area (Å²) >= 11 is 0. The molecule has 2 atom stereocenters. The number of rotatable bonds is 7. The van der Waals surface area contributed by atoms with E-state index in [1.807, 2.05) is 78.9 Å². The third-order valence-corrected chi connectivity index (χ3v) is 9.05. The Morgan fingerprint density at radius 3 is 2.00 bits per heavy atom. The lowest BCUT2D eigenvalue weighted by molar-refractivity contribution is -0.123. The van der Waals surface area contributed by atoms with Crippen LogP contribution >= 0.6 is 0 Å². The van der Waals surface area contributed by atoms with Gasteiger partial charge in [0.25, 0.3) is 11.8 Å². The van der Waals surface area contributed by atoms with Crippen molar-refractivity contribution in [1.29, 1.82) is 0 Å². The molecule has 46 heavy (non-hydrogen) atoms. The fourth-order valence-electron chi connectivity index (χ4n) is 6.87. The quantitative estimate of drug-likeness (QED) is 0.289. The second kappa shape index (κ2) is 12.1. The summed E-state index contributed by atoms with van der Waals surface area (Å²) in [6.07, 6.45) is 2.33. The molecule has 2 aliphatic heterocycles. The van der Waals surface area contributed by atoms with Gasteiger partial charge in [0.05, 0.1) is 41.4 Å². The number of carbonyl (C=O) groups excluding carboxylic acids is 5. The molecule has 5 amide bonds. The normalized spacial score (nSPS) is 18.6. The first-order valence-electron chi connectivity index (χ1n) is 15.5. The number of benzene rings is 4. The van der Waals surface area contributed by atoms with Crippen LogP contribution in [0.15, 0.2) is 103 Å². The van der Waals surface area contributed by atoms with E-state index >= 15 is 0 Å². The second-order valence-corrected chi connectivity index (χ2v) is 11.9. The van der Waals surface area contributed by atoms with E-state index in [-0.39, 0.29) is 30.8 Å². The van der Waals surface area contributed by atoms with Crippen molar-refractivity contribution in [3.05, 3.63) is 125 Å². The summed E-state index contributed by atoms with van der Waals surface area (Å²) in [6.45, 7) is -0.132. The molecule has 1 fully saturated rings. The van der Waals surface area contributed by atoms with Crippen LogP contribution in [0.2, 0.25) is 0 Å². The molecular formula is C37H32N4O5. The van der Waals surface area contributed by atoms with Crippen molar-refractivity contribution >= 4 is 46.6 Å². The Kier molecular flexibility index (Phi) is 7.66. The Morgan fingerprint density at radius 1 is 0.674 bits per heavy atom. The summed E-state index contributed by atoms with van der Waals surface area (Å²) in [5.41, 5.74) is 4.21. The Hall–Kier alpha value is -5.57. The van der Waals surface area contributed by atoms with Crippen LogP contribution in [0.1, 0.15) is 51.1 Å². The zero-order valence-corrected chi connectivity index (χ0v) is 25.1. The highest BCUT2D eigenvalue weighted by atomic mass is 16.2. The Bertz CT molecular complexity index is 1820. The predicted molar refractivity (Wildman–Crippen MR) is 173 cm³/mol. The van der Waals surface area contributed by atoms with Crippen molar-refractivity contribution in [2.75, 3.05) is 21.7 Å². The van der Waals surface area contributed by atoms with E-state index in [0.29, 0.717) is 41.0 Å². The average Bonchev–Trinajstić information content (AvgIpc) is 3.62. The molecule has 0 aromatic heterocycles. The lowest BCUT2D eigenvalue weighted by Crippen LogP contribution is -2.49. The number of fused-ring (bicyclic) bond motifs is 3. The Labute approximate surface area is 266 Å². The number of imide groups is 1. The molecule has 4 aromatic rings. The zero-order valence-electron chi connectivity index (χ0n) is 25.1. The highest BCUT2D eigenvalue weighted by molar-refractivity contribution is 6.23. The molecule has 1 aliphatic carbocycles. The van der Waals surface area contributed by atoms with Gasteiger partial charge in [0, 0.05) is 11.7 Å². The van der Waals surface area contributed by atoms with Gasteiger partial charge < -0.3 is 15.1 Å². The molecular weight excluding hydrogens is 580 g/mol. The summed E-state index contributed by atoms with van der Waals surface area (Å²) in [5, 5.41) is 2.93. The molecule has 2 unspecified atom stereocenters. The first kappa shape index (κ1) is 29.2. The minimum atomic E-state index is -0.488. The molecule has 0 saturated heterocycles. The van der Waals surface area contributed by atoms with Crippen molar-refractivity contribution in [1.82, 2.24) is 4.90 Å². The van der Waals surface area contributed by atoms with Crippen LogP contribution in [-0.4, -0.2) is 47.0 Å². The fourth-order valence-corrected chi connectivity index (χ4v) is 6.87. The van der Waals surface area contributed by atoms with E-state index in [0.717, 1.165) is 22.4 Å². The van der Waals surface area contributed by atoms with Crippen LogP contribution in [0.5, 0.6) is 0 Å². The third kappa shape index (κ3) is 5.34. The monoisotopic (exact) mass is 612 g/mol. The van der Waals surface area contributed by atoms with E-state index in [1.54, 1.807) is 34.1 Å². The predicted octanol–water partition coefficient (Wildman–Crippen LogP) is 5.21. The highest BCUT2D eigenvalue weighted by Gasteiger charge is 2.47. The highest BCUT2D eigenvalue weighted by Crippen LogP contribution is 2.43. The second-order valence-electron chi connectivity index (χ2n) is 11.9. The number of nitrogens with zero attached hydrogens (tertiary/aromatic N) is 3. The molecule has 9 nitrogen and oxygen atoms in total. The van der Waals surface area contributed by atoms with E-state index in [9.17, 15) is 24.0 Å². The molecule has 2 heterocycles. The summed E-state index contributed by atoms with van der Waals surface area (Å²) in [4.78, 5) is 71.4. The van der Waals surface area contributed by atoms with Gasteiger partial charge in [-0.05, 0) is 60.4 Å². The van der Waals surface area contributed by atoms with Crippen LogP contribution in [0.4, 0.5) is 17.1 Å². The summed E-state index contributed by atoms with van der Waals surface area (Å²) in [6, 6.07) is 30.4. The fraction of sp³-hybridized carbons (Fsp3) is 0.216. The topological polar surface area (TPSA) is 107 Å². The first-order valence-corrected chi connectivity index (χ1v) is 15.5. The first-order chi connectivity index (χ1) is 22.4. The van der Waals surface area contributed by atoms with Gasteiger partial charge in [-0.15, -0.1) is 0 Å². The lowest BCUT2D eigenvalue weighted by atomic mass is 10.0. The molecule has 0 bridgehead atoms. The minimum Gasteiger partial charge on any atom is -0.326 e. The van der Waals surface area contributed by atoms with Crippen molar-refractivity contribution in [3.8, 4) is 0 Å². The van der Waals surface area contributed by atoms with E-state index in [4.69, 9.17) is 0 Å². The number of para-hydroxylation sites is 2. The number of hydrogen-bond acceptors (Lipinski definition) is 5. The standard InChI is InChI=1S/C37H32N4O5/c42-33(21-24-9-2-1-3-10-24)38-26-19-17-25(18-20-26)22-39-31-14-6-7-15-32(31)41(30-16-8-13-29(30)37(39)46)34(43)23-40-35(44)27-11-4-5-12-28(27)36(40)45/h1-7,9-12,14-15,17-20,29-30H,8,13,16,21-23H2,(H,38,42). The molecule has 1 N–H and O–H groups in total. The maximum absolute atomic E-state index is 14.2. The number of carbonyl (C=O) groups is 5. The molecule has 230 valence electrons. The Morgan fingerprint density at radius 2 is 1.30 bits per heavy atom. The smallest absolute Gasteiger partial charge is 0.262 e. The number of nitrogens with one attached hydrogen (secondary N) is 1. The SMILES string of the molecule is O=C(Cc1ccccc1)Nc1ccc(CN2C(=O)C3CCCC3N(C(=O)CN3C(=O)c4ccccc4C3=O)c3ccccc32)cc1. The maximum Gasteiger partial charge on any atom is 0.262 e. The zero-order chi connectivity index (χ0) is 31.8. The van der Waals surface area contributed by atoms with Crippen LogP contribution in [0.3, 0.4) is 0 Å². The van der Waals surface area contributed by atoms with Crippen LogP contribution < -0.4 is 15.1 Å². The van der Waals surface area contributed by atoms with Gasteiger partial charge in [0.15, 0.2) is 0 Å². The number of hydrogen-bond donors (Lipinski definition) is 1. The number of anilines is 3. The largest absolute Gasteiger partial charge is 0.326 e. The minimum absolute atomic E-state index is 0.0637. The summed E-state index contributed by atoms with van der Waals surface area (Å²) in [5.74, 6) is -1.98. The molecule has 1 saturated carbocycles. The van der Waals surface area contributed by atoms with Crippen LogP contribution in [-0.2, 0) is 27.3 Å². The van der Waals surface area contributed by atoms with Crippen LogP contribution in [0.25, 0.3) is 0 Å². The van der Waals surface area contributed by atoms with Gasteiger partial charge in [0.2, 0.25) is 17.7 Å². The summed E-state index contributed by atoms with van der Waals surface area (Å²) in [7, 11) is 0. The van der Waals surface area contributed by atoms with Gasteiger partial charge in [-0.2, -0.15) is 0 Å². The summed E-state index contributed by atoms with van der Waals surface area (Å²) < 4.78 is 0. The van der Waals surface area contributed by atoms with Crippen molar-refractivity contribution in [3.63, 3.8) is 0 Å². The van der Waals surface area contributed by atoms with Gasteiger partial charge in [-0.1, -0.05) is 73.2 Å². The van der Waals surface area contributed by atoms with Crippen molar-refractivity contribution in [2.24, 2.45) is 5.92 Å². The lowest BCUT2D eigenvalue weighted by Gasteiger charge is -2.31. The molecule has 0 spiro atoms. The number of amides is 5. The molecule has 3 aliphatic rings. The molecule has 0 radical (unpaired) electrons. The van der Waals surface area contributed by atoms with Crippen LogP contribution in [0, 0.1) is 5.92 Å². The van der Waals surface area contributed by atoms with Gasteiger partial charge in [0.1, 0.15) is 6.54 Å². The van der Waals surface area contributed by atoms with Crippen molar-refractivity contribution < 1.29 is 24.0 Å². The average molecular weight is 613 g/mol. The van der Waals surface area contributed by atoms with Crippen molar-refractivity contribution in [2.45, 2.75) is 38.3 Å². The molecule has 7 rings (SSSR count). The van der Waals surface area contributed by atoms with E-state index < -0.39 is 30.2 Å². The van der Waals surface area contributed by atoms with E-state index in [1.165, 1.54) is 0 Å². The van der Waals surface area contributed by atoms with Gasteiger partial charge in [-0.3, -0.25) is 28.9 Å². The molecule has 4 aromatic carbocycles. The van der Waals surface area contributed by atoms with E-state index in [2.05, 4.69) is 5.32 Å². The molecule has 9 heteroatoms. The third-order valence-electron chi connectivity index (χ3n) is 9.05.